The van der Waals surface area contributed by atoms with E-state index < -0.39 is 0 Å². The van der Waals surface area contributed by atoms with Gasteiger partial charge in [-0.25, -0.2) is 0 Å². The van der Waals surface area contributed by atoms with Gasteiger partial charge in [0, 0.05) is 25.3 Å². The summed E-state index contributed by atoms with van der Waals surface area (Å²) in [6.07, 6.45) is 0.683. The van der Waals surface area contributed by atoms with Crippen LogP contribution in [-0.2, 0) is 0 Å². The van der Waals surface area contributed by atoms with Crippen molar-refractivity contribution in [3.05, 3.63) is 52.0 Å². The molecule has 0 saturated heterocycles. The van der Waals surface area contributed by atoms with E-state index in [0.29, 0.717) is 21.9 Å². The van der Waals surface area contributed by atoms with Crippen LogP contribution < -0.4 is 4.90 Å². The minimum Gasteiger partial charge on any atom is -0.378 e. The fraction of sp³-hybridized carbons (Fsp3) is 0.133. The van der Waals surface area contributed by atoms with Gasteiger partial charge in [0.2, 0.25) is 0 Å². The van der Waals surface area contributed by atoms with Gasteiger partial charge in [-0.3, -0.25) is 4.79 Å². The number of anilines is 1. The summed E-state index contributed by atoms with van der Waals surface area (Å²) in [7, 11) is 3.96. The van der Waals surface area contributed by atoms with E-state index in [2.05, 4.69) is 0 Å². The highest BCUT2D eigenvalue weighted by Crippen LogP contribution is 2.34. The van der Waals surface area contributed by atoms with E-state index in [-0.39, 0.29) is 0 Å². The van der Waals surface area contributed by atoms with Gasteiger partial charge in [-0.15, -0.1) is 0 Å². The van der Waals surface area contributed by atoms with Crippen molar-refractivity contribution in [1.29, 1.82) is 0 Å². The lowest BCUT2D eigenvalue weighted by Gasteiger charge is -2.13. The first kappa shape index (κ1) is 13.9. The first-order valence-corrected chi connectivity index (χ1v) is 6.51. The number of rotatable bonds is 3. The van der Waals surface area contributed by atoms with Crippen molar-refractivity contribution in [2.45, 2.75) is 0 Å². The minimum atomic E-state index is 0.331. The number of benzene rings is 2. The van der Waals surface area contributed by atoms with Gasteiger partial charge in [-0.2, -0.15) is 0 Å². The summed E-state index contributed by atoms with van der Waals surface area (Å²) in [5, 5.41) is 0.758. The lowest BCUT2D eigenvalue weighted by Crippen LogP contribution is -2.07. The van der Waals surface area contributed by atoms with Crippen molar-refractivity contribution in [3.63, 3.8) is 0 Å². The van der Waals surface area contributed by atoms with E-state index in [1.165, 1.54) is 0 Å². The highest BCUT2D eigenvalue weighted by atomic mass is 35.5. The Balaban J connectivity index is 2.50. The lowest BCUT2D eigenvalue weighted by molar-refractivity contribution is 0.112. The molecule has 0 aliphatic carbocycles. The molecule has 0 unspecified atom stereocenters. The average Bonchev–Trinajstić information content (AvgIpc) is 2.39. The normalized spacial score (nSPS) is 10.3. The van der Waals surface area contributed by atoms with Crippen molar-refractivity contribution >= 4 is 35.2 Å². The molecule has 0 heterocycles. The quantitative estimate of drug-likeness (QED) is 0.775. The van der Waals surface area contributed by atoms with Crippen LogP contribution in [0.25, 0.3) is 11.1 Å². The molecule has 0 fully saturated rings. The van der Waals surface area contributed by atoms with E-state index in [9.17, 15) is 4.79 Å². The summed E-state index contributed by atoms with van der Waals surface area (Å²) in [6, 6.07) is 11.5. The first-order valence-electron chi connectivity index (χ1n) is 5.75. The number of aldehydes is 1. The summed E-state index contributed by atoms with van der Waals surface area (Å²) in [5.41, 5.74) is 3.19. The number of nitrogens with zero attached hydrogens (tertiary/aromatic N) is 1. The van der Waals surface area contributed by atoms with E-state index in [4.69, 9.17) is 23.2 Å². The van der Waals surface area contributed by atoms with E-state index >= 15 is 0 Å². The smallest absolute Gasteiger partial charge is 0.153 e. The van der Waals surface area contributed by atoms with Gasteiger partial charge in [-0.1, -0.05) is 41.4 Å². The summed E-state index contributed by atoms with van der Waals surface area (Å²) in [4.78, 5) is 13.0. The second-order valence-electron chi connectivity index (χ2n) is 4.38. The van der Waals surface area contributed by atoms with Crippen LogP contribution in [-0.4, -0.2) is 20.4 Å². The molecule has 4 heteroatoms. The molecule has 98 valence electrons. The molecule has 0 saturated carbocycles. The van der Waals surface area contributed by atoms with Crippen LogP contribution >= 0.6 is 23.2 Å². The zero-order chi connectivity index (χ0) is 14.0. The number of hydrogen-bond donors (Lipinski definition) is 0. The Labute approximate surface area is 122 Å². The van der Waals surface area contributed by atoms with E-state index in [1.54, 1.807) is 6.07 Å². The molecule has 0 aromatic heterocycles. The Morgan fingerprint density at radius 2 is 1.63 bits per heavy atom. The van der Waals surface area contributed by atoms with Crippen LogP contribution in [0.1, 0.15) is 10.4 Å². The number of hydrogen-bond acceptors (Lipinski definition) is 2. The second-order valence-corrected chi connectivity index (χ2v) is 5.17. The fourth-order valence-corrected chi connectivity index (χ4v) is 2.41. The van der Waals surface area contributed by atoms with Gasteiger partial charge in [0.05, 0.1) is 15.6 Å². The molecule has 0 aliphatic rings. The van der Waals surface area contributed by atoms with Crippen molar-refractivity contribution in [2.75, 3.05) is 19.0 Å². The molecule has 0 aliphatic heterocycles. The average molecular weight is 294 g/mol. The molecule has 2 aromatic carbocycles. The highest BCUT2D eigenvalue weighted by Gasteiger charge is 2.11. The molecule has 2 rings (SSSR count). The molecule has 0 radical (unpaired) electrons. The second kappa shape index (κ2) is 5.64. The summed E-state index contributed by atoms with van der Waals surface area (Å²) in [5.74, 6) is 0. The third-order valence-electron chi connectivity index (χ3n) is 2.94. The van der Waals surface area contributed by atoms with Gasteiger partial charge < -0.3 is 4.90 Å². The Hall–Kier alpha value is -1.51. The van der Waals surface area contributed by atoms with Crippen LogP contribution in [0.3, 0.4) is 0 Å². The monoisotopic (exact) mass is 293 g/mol. The zero-order valence-corrected chi connectivity index (χ0v) is 12.2. The molecule has 0 bridgehead atoms. The maximum absolute atomic E-state index is 11.0. The lowest BCUT2D eigenvalue weighted by atomic mass is 10.0. The first-order chi connectivity index (χ1) is 9.04. The van der Waals surface area contributed by atoms with Crippen LogP contribution in [0.5, 0.6) is 0 Å². The van der Waals surface area contributed by atoms with Crippen LogP contribution in [0.15, 0.2) is 36.4 Å². The Bertz CT molecular complexity index is 606. The number of carbonyl (C=O) groups is 1. The molecular weight excluding hydrogens is 281 g/mol. The zero-order valence-electron chi connectivity index (χ0n) is 10.7. The topological polar surface area (TPSA) is 20.3 Å². The van der Waals surface area contributed by atoms with Gasteiger partial charge in [0.25, 0.3) is 0 Å². The van der Waals surface area contributed by atoms with Crippen LogP contribution in [0.4, 0.5) is 5.69 Å². The molecule has 0 N–H and O–H groups in total. The third-order valence-corrected chi connectivity index (χ3v) is 3.68. The van der Waals surface area contributed by atoms with Crippen LogP contribution in [0.2, 0.25) is 10.0 Å². The van der Waals surface area contributed by atoms with E-state index in [1.807, 2.05) is 49.3 Å². The van der Waals surface area contributed by atoms with Crippen molar-refractivity contribution in [2.24, 2.45) is 0 Å². The number of halogens is 2. The van der Waals surface area contributed by atoms with Gasteiger partial charge in [0.1, 0.15) is 0 Å². The van der Waals surface area contributed by atoms with Crippen molar-refractivity contribution in [3.8, 4) is 11.1 Å². The predicted octanol–water partition coefficient (Wildman–Crippen LogP) is 4.54. The standard InChI is InChI=1S/C15H13Cl2NO/c1-18(2)11-5-3-10(4-6-11)12-7-8-14(16)13(9-19)15(12)17/h3-9H,1-2H3. The van der Waals surface area contributed by atoms with E-state index in [0.717, 1.165) is 16.8 Å². The molecule has 19 heavy (non-hydrogen) atoms. The molecule has 2 aromatic rings. The maximum atomic E-state index is 11.0. The fourth-order valence-electron chi connectivity index (χ4n) is 1.84. The summed E-state index contributed by atoms with van der Waals surface area (Å²) >= 11 is 12.2. The van der Waals surface area contributed by atoms with Gasteiger partial charge in [0.15, 0.2) is 6.29 Å². The Kier molecular flexibility index (Phi) is 4.13. The molecule has 0 amide bonds. The number of carbonyl (C=O) groups excluding carboxylic acids is 1. The van der Waals surface area contributed by atoms with Gasteiger partial charge in [-0.05, 0) is 23.8 Å². The minimum absolute atomic E-state index is 0.331. The Morgan fingerprint density at radius 1 is 1.00 bits per heavy atom. The van der Waals surface area contributed by atoms with Crippen molar-refractivity contribution < 1.29 is 4.79 Å². The van der Waals surface area contributed by atoms with Gasteiger partial charge >= 0.3 is 0 Å². The predicted molar refractivity (Wildman–Crippen MR) is 81.6 cm³/mol. The summed E-state index contributed by atoms with van der Waals surface area (Å²) in [6.45, 7) is 0. The molecule has 0 atom stereocenters. The molecule has 0 spiro atoms. The largest absolute Gasteiger partial charge is 0.378 e. The highest BCUT2D eigenvalue weighted by molar-refractivity contribution is 6.40. The molecular formula is C15H13Cl2NO. The van der Waals surface area contributed by atoms with Crippen LogP contribution in [0, 0.1) is 0 Å². The Morgan fingerprint density at radius 3 is 2.16 bits per heavy atom. The maximum Gasteiger partial charge on any atom is 0.153 e. The third kappa shape index (κ3) is 2.75. The SMILES string of the molecule is CN(C)c1ccc(-c2ccc(Cl)c(C=O)c2Cl)cc1. The van der Waals surface area contributed by atoms with Crippen molar-refractivity contribution in [1.82, 2.24) is 0 Å². The molecule has 2 nitrogen and oxygen atoms in total. The summed E-state index contributed by atoms with van der Waals surface area (Å²) < 4.78 is 0.